The van der Waals surface area contributed by atoms with E-state index in [0.29, 0.717) is 0 Å². The van der Waals surface area contributed by atoms with Crippen LogP contribution in [-0.4, -0.2) is 12.5 Å². The molecule has 1 heterocycles. The van der Waals surface area contributed by atoms with Gasteiger partial charge in [-0.3, -0.25) is 4.79 Å². The van der Waals surface area contributed by atoms with Crippen molar-refractivity contribution in [1.29, 1.82) is 5.26 Å². The summed E-state index contributed by atoms with van der Waals surface area (Å²) in [6.07, 6.45) is 2.57. The summed E-state index contributed by atoms with van der Waals surface area (Å²) in [7, 11) is 0. The zero-order valence-electron chi connectivity index (χ0n) is 16.0. The van der Waals surface area contributed by atoms with E-state index in [2.05, 4.69) is 17.5 Å². The minimum Gasteiger partial charge on any atom is -0.346 e. The van der Waals surface area contributed by atoms with Gasteiger partial charge >= 0.3 is 0 Å². The third-order valence-corrected chi connectivity index (χ3v) is 5.11. The number of amides is 1. The van der Waals surface area contributed by atoms with Gasteiger partial charge in [0, 0.05) is 18.4 Å². The lowest BCUT2D eigenvalue weighted by molar-refractivity contribution is -0.117. The van der Waals surface area contributed by atoms with Gasteiger partial charge in [0.1, 0.15) is 11.6 Å². The molecule has 0 aliphatic carbocycles. The van der Waals surface area contributed by atoms with Crippen molar-refractivity contribution in [2.75, 3.05) is 11.4 Å². The molecule has 0 atom stereocenters. The van der Waals surface area contributed by atoms with E-state index in [4.69, 9.17) is 0 Å². The molecule has 29 heavy (non-hydrogen) atoms. The van der Waals surface area contributed by atoms with E-state index in [0.717, 1.165) is 29.8 Å². The van der Waals surface area contributed by atoms with Gasteiger partial charge < -0.3 is 10.2 Å². The van der Waals surface area contributed by atoms with Crippen LogP contribution in [0.5, 0.6) is 0 Å². The average molecular weight is 379 g/mol. The van der Waals surface area contributed by atoms with Gasteiger partial charge in [0.25, 0.3) is 5.91 Å². The Labute approximate surface area is 170 Å². The SMILES string of the molecule is N#C/C(=C/N1CCc2ccccc21)C(=O)NC(c1ccccc1)c1ccccc1. The maximum absolute atomic E-state index is 13.0. The van der Waals surface area contributed by atoms with Crippen molar-refractivity contribution >= 4 is 11.6 Å². The van der Waals surface area contributed by atoms with Crippen LogP contribution in [0.1, 0.15) is 22.7 Å². The Kier molecular flexibility index (Phi) is 5.40. The smallest absolute Gasteiger partial charge is 0.264 e. The maximum atomic E-state index is 13.0. The lowest BCUT2D eigenvalue weighted by Crippen LogP contribution is -2.31. The number of fused-ring (bicyclic) bond motifs is 1. The summed E-state index contributed by atoms with van der Waals surface area (Å²) in [4.78, 5) is 15.0. The number of hydrogen-bond donors (Lipinski definition) is 1. The number of benzene rings is 3. The molecule has 1 aliphatic rings. The molecule has 4 heteroatoms. The molecule has 0 aromatic heterocycles. The van der Waals surface area contributed by atoms with Crippen molar-refractivity contribution in [3.8, 4) is 6.07 Å². The molecule has 0 bridgehead atoms. The van der Waals surface area contributed by atoms with E-state index in [9.17, 15) is 10.1 Å². The standard InChI is InChI=1S/C25H21N3O/c26-17-22(18-28-16-15-19-9-7-8-14-23(19)28)25(29)27-24(20-10-3-1-4-11-20)21-12-5-2-6-13-21/h1-14,18,24H,15-16H2,(H,27,29)/b22-18-. The normalized spacial score (nSPS) is 13.1. The predicted molar refractivity (Wildman–Crippen MR) is 114 cm³/mol. The molecule has 1 N–H and O–H groups in total. The number of hydrogen-bond acceptors (Lipinski definition) is 3. The number of rotatable bonds is 5. The fourth-order valence-corrected chi connectivity index (χ4v) is 3.65. The Balaban J connectivity index is 1.61. The van der Waals surface area contributed by atoms with E-state index in [1.54, 1.807) is 6.20 Å². The van der Waals surface area contributed by atoms with Crippen LogP contribution in [0.15, 0.2) is 96.7 Å². The molecular formula is C25H21N3O. The molecule has 1 aliphatic heterocycles. The molecule has 0 unspecified atom stereocenters. The Bertz CT molecular complexity index is 1030. The summed E-state index contributed by atoms with van der Waals surface area (Å²) < 4.78 is 0. The molecule has 3 aromatic rings. The number of carbonyl (C=O) groups excluding carboxylic acids is 1. The fourth-order valence-electron chi connectivity index (χ4n) is 3.65. The van der Waals surface area contributed by atoms with Gasteiger partial charge in [-0.2, -0.15) is 5.26 Å². The molecule has 4 rings (SSSR count). The predicted octanol–water partition coefficient (Wildman–Crippen LogP) is 4.36. The van der Waals surface area contributed by atoms with E-state index < -0.39 is 0 Å². The molecule has 4 nitrogen and oxygen atoms in total. The maximum Gasteiger partial charge on any atom is 0.264 e. The summed E-state index contributed by atoms with van der Waals surface area (Å²) in [5.41, 5.74) is 4.31. The van der Waals surface area contributed by atoms with Gasteiger partial charge in [0.15, 0.2) is 0 Å². The van der Waals surface area contributed by atoms with E-state index in [1.807, 2.05) is 83.8 Å². The monoisotopic (exact) mass is 379 g/mol. The molecule has 1 amide bonds. The van der Waals surface area contributed by atoms with Crippen LogP contribution < -0.4 is 10.2 Å². The number of nitriles is 1. The highest BCUT2D eigenvalue weighted by Gasteiger charge is 2.22. The number of nitrogens with zero attached hydrogens (tertiary/aromatic N) is 2. The highest BCUT2D eigenvalue weighted by atomic mass is 16.1. The second-order valence-corrected chi connectivity index (χ2v) is 6.95. The first kappa shape index (κ1) is 18.5. The van der Waals surface area contributed by atoms with E-state index >= 15 is 0 Å². The first-order chi connectivity index (χ1) is 14.3. The molecule has 0 saturated carbocycles. The molecule has 0 spiro atoms. The zero-order chi connectivity index (χ0) is 20.1. The van der Waals surface area contributed by atoms with Gasteiger partial charge in [0.2, 0.25) is 0 Å². The van der Waals surface area contributed by atoms with Crippen molar-refractivity contribution in [3.05, 3.63) is 113 Å². The Morgan fingerprint density at radius 3 is 2.14 bits per heavy atom. The van der Waals surface area contributed by atoms with Crippen molar-refractivity contribution in [2.24, 2.45) is 0 Å². The first-order valence-corrected chi connectivity index (χ1v) is 9.63. The zero-order valence-corrected chi connectivity index (χ0v) is 16.0. The Morgan fingerprint density at radius 1 is 0.931 bits per heavy atom. The van der Waals surface area contributed by atoms with Crippen LogP contribution >= 0.6 is 0 Å². The molecule has 142 valence electrons. The first-order valence-electron chi connectivity index (χ1n) is 9.63. The molecular weight excluding hydrogens is 358 g/mol. The summed E-state index contributed by atoms with van der Waals surface area (Å²) in [6.45, 7) is 0.763. The number of nitrogens with one attached hydrogen (secondary N) is 1. The second-order valence-electron chi connectivity index (χ2n) is 6.95. The third kappa shape index (κ3) is 4.04. The van der Waals surface area contributed by atoms with Crippen LogP contribution in [0, 0.1) is 11.3 Å². The second kappa shape index (κ2) is 8.45. The van der Waals surface area contributed by atoms with Gasteiger partial charge in [-0.25, -0.2) is 0 Å². The van der Waals surface area contributed by atoms with Gasteiger partial charge in [0.05, 0.1) is 6.04 Å². The molecule has 0 saturated heterocycles. The van der Waals surface area contributed by atoms with Crippen LogP contribution in [-0.2, 0) is 11.2 Å². The Morgan fingerprint density at radius 2 is 1.52 bits per heavy atom. The van der Waals surface area contributed by atoms with Crippen molar-refractivity contribution in [2.45, 2.75) is 12.5 Å². The summed E-state index contributed by atoms with van der Waals surface area (Å²) in [5, 5.41) is 12.7. The van der Waals surface area contributed by atoms with Crippen molar-refractivity contribution in [1.82, 2.24) is 5.32 Å². The fraction of sp³-hybridized carbons (Fsp3) is 0.120. The van der Waals surface area contributed by atoms with Gasteiger partial charge in [-0.05, 0) is 29.2 Å². The van der Waals surface area contributed by atoms with Crippen molar-refractivity contribution in [3.63, 3.8) is 0 Å². The number of anilines is 1. The number of carbonyl (C=O) groups is 1. The average Bonchev–Trinajstić information content (AvgIpc) is 3.19. The highest BCUT2D eigenvalue weighted by Crippen LogP contribution is 2.28. The van der Waals surface area contributed by atoms with Crippen molar-refractivity contribution < 1.29 is 4.79 Å². The minimum absolute atomic E-state index is 0.0959. The van der Waals surface area contributed by atoms with Crippen LogP contribution in [0.3, 0.4) is 0 Å². The van der Waals surface area contributed by atoms with Crippen LogP contribution in [0.25, 0.3) is 0 Å². The lowest BCUT2D eigenvalue weighted by Gasteiger charge is -2.20. The Hall–Kier alpha value is -3.84. The minimum atomic E-state index is -0.380. The topological polar surface area (TPSA) is 56.1 Å². The molecule has 0 fully saturated rings. The lowest BCUT2D eigenvalue weighted by atomic mass is 9.98. The molecule has 0 radical (unpaired) electrons. The summed E-state index contributed by atoms with van der Waals surface area (Å²) in [6, 6.07) is 29.4. The number of para-hydroxylation sites is 1. The van der Waals surface area contributed by atoms with E-state index in [1.165, 1.54) is 5.56 Å². The van der Waals surface area contributed by atoms with Crippen LogP contribution in [0.4, 0.5) is 5.69 Å². The van der Waals surface area contributed by atoms with Crippen LogP contribution in [0.2, 0.25) is 0 Å². The quantitative estimate of drug-likeness (QED) is 0.529. The molecule has 3 aromatic carbocycles. The van der Waals surface area contributed by atoms with Gasteiger partial charge in [-0.1, -0.05) is 78.9 Å². The highest BCUT2D eigenvalue weighted by molar-refractivity contribution is 5.98. The summed E-state index contributed by atoms with van der Waals surface area (Å²) >= 11 is 0. The summed E-state index contributed by atoms with van der Waals surface area (Å²) in [5.74, 6) is -0.380. The largest absolute Gasteiger partial charge is 0.346 e. The third-order valence-electron chi connectivity index (χ3n) is 5.11. The van der Waals surface area contributed by atoms with E-state index in [-0.39, 0.29) is 17.5 Å². The van der Waals surface area contributed by atoms with Gasteiger partial charge in [-0.15, -0.1) is 0 Å².